The molecule has 0 spiro atoms. The lowest BCUT2D eigenvalue weighted by molar-refractivity contribution is -0.121. The minimum atomic E-state index is 0.0286. The van der Waals surface area contributed by atoms with Gasteiger partial charge in [0.05, 0.1) is 11.4 Å². The number of hydrogen-bond acceptors (Lipinski definition) is 3. The number of anilines is 2. The van der Waals surface area contributed by atoms with E-state index in [0.29, 0.717) is 17.3 Å². The monoisotopic (exact) mass is 219 g/mol. The van der Waals surface area contributed by atoms with E-state index in [0.717, 1.165) is 13.1 Å². The van der Waals surface area contributed by atoms with Crippen LogP contribution in [0.5, 0.6) is 0 Å². The number of benzene rings is 1. The van der Waals surface area contributed by atoms with Crippen LogP contribution in [0.3, 0.4) is 0 Å². The number of hydrogen-bond donors (Lipinski definition) is 3. The molecule has 4 heteroatoms. The molecule has 1 aromatic rings. The Labute approximate surface area is 95.2 Å². The highest BCUT2D eigenvalue weighted by atomic mass is 16.1. The highest BCUT2D eigenvalue weighted by molar-refractivity contribution is 5.95. The summed E-state index contributed by atoms with van der Waals surface area (Å²) in [5.41, 5.74) is 7.07. The average molecular weight is 219 g/mol. The second-order valence-electron chi connectivity index (χ2n) is 4.28. The topological polar surface area (TPSA) is 67.2 Å². The Kier molecular flexibility index (Phi) is 3.10. The Hall–Kier alpha value is -1.55. The number of nitrogens with two attached hydrogens (primary N) is 1. The van der Waals surface area contributed by atoms with Crippen molar-refractivity contribution in [2.45, 2.75) is 6.92 Å². The summed E-state index contributed by atoms with van der Waals surface area (Å²) in [6.07, 6.45) is 0. The molecule has 1 aliphatic rings. The Bertz CT molecular complexity index is 388. The number of carbonyl (C=O) groups is 1. The van der Waals surface area contributed by atoms with Crippen molar-refractivity contribution in [2.24, 2.45) is 11.8 Å². The molecule has 1 aromatic carbocycles. The van der Waals surface area contributed by atoms with Gasteiger partial charge in [0.1, 0.15) is 0 Å². The lowest BCUT2D eigenvalue weighted by atomic mass is 9.88. The standard InChI is InChI=1S/C12H17N3O/c1-8(9-6-14-7-9)12(16)15-11-5-3-2-4-10(11)13/h2-5,8-9,14H,6-7,13H2,1H3,(H,15,16). The summed E-state index contributed by atoms with van der Waals surface area (Å²) >= 11 is 0. The largest absolute Gasteiger partial charge is 0.397 e. The SMILES string of the molecule is CC(C(=O)Nc1ccccc1N)C1CNC1. The van der Waals surface area contributed by atoms with Crippen LogP contribution in [0.25, 0.3) is 0 Å². The third-order valence-electron chi connectivity index (χ3n) is 3.15. The van der Waals surface area contributed by atoms with E-state index in [1.54, 1.807) is 6.07 Å². The van der Waals surface area contributed by atoms with E-state index in [1.165, 1.54) is 0 Å². The highest BCUT2D eigenvalue weighted by Crippen LogP contribution is 2.21. The quantitative estimate of drug-likeness (QED) is 0.666. The average Bonchev–Trinajstić information content (AvgIpc) is 2.18. The number of amides is 1. The number of carbonyl (C=O) groups excluding carboxylic acids is 1. The summed E-state index contributed by atoms with van der Waals surface area (Å²) in [7, 11) is 0. The van der Waals surface area contributed by atoms with Gasteiger partial charge in [-0.2, -0.15) is 0 Å². The smallest absolute Gasteiger partial charge is 0.227 e. The van der Waals surface area contributed by atoms with Crippen LogP contribution in [0.15, 0.2) is 24.3 Å². The summed E-state index contributed by atoms with van der Waals surface area (Å²) in [6, 6.07) is 7.32. The van der Waals surface area contributed by atoms with E-state index in [2.05, 4.69) is 10.6 Å². The van der Waals surface area contributed by atoms with Gasteiger partial charge >= 0.3 is 0 Å². The fraction of sp³-hybridized carbons (Fsp3) is 0.417. The summed E-state index contributed by atoms with van der Waals surface area (Å²) < 4.78 is 0. The van der Waals surface area contributed by atoms with Crippen molar-refractivity contribution in [1.82, 2.24) is 5.32 Å². The molecule has 0 radical (unpaired) electrons. The van der Waals surface area contributed by atoms with E-state index < -0.39 is 0 Å². The second-order valence-corrected chi connectivity index (χ2v) is 4.28. The van der Waals surface area contributed by atoms with Gasteiger partial charge in [-0.05, 0) is 31.1 Å². The normalized spacial score (nSPS) is 17.6. The van der Waals surface area contributed by atoms with Gasteiger partial charge in [0.2, 0.25) is 5.91 Å². The first-order valence-electron chi connectivity index (χ1n) is 5.54. The summed E-state index contributed by atoms with van der Waals surface area (Å²) in [5.74, 6) is 0.523. The Morgan fingerprint density at radius 3 is 2.75 bits per heavy atom. The van der Waals surface area contributed by atoms with Crippen molar-refractivity contribution in [1.29, 1.82) is 0 Å². The molecule has 86 valence electrons. The number of para-hydroxylation sites is 2. The Morgan fingerprint density at radius 1 is 1.50 bits per heavy atom. The third-order valence-corrected chi connectivity index (χ3v) is 3.15. The molecule has 1 amide bonds. The van der Waals surface area contributed by atoms with Crippen molar-refractivity contribution in [2.75, 3.05) is 24.1 Å². The van der Waals surface area contributed by atoms with Crippen LogP contribution < -0.4 is 16.4 Å². The van der Waals surface area contributed by atoms with Crippen LogP contribution in [0.2, 0.25) is 0 Å². The molecule has 4 nitrogen and oxygen atoms in total. The highest BCUT2D eigenvalue weighted by Gasteiger charge is 2.28. The van der Waals surface area contributed by atoms with E-state index in [9.17, 15) is 4.79 Å². The van der Waals surface area contributed by atoms with Crippen molar-refractivity contribution in [3.63, 3.8) is 0 Å². The summed E-state index contributed by atoms with van der Waals surface area (Å²) in [4.78, 5) is 11.9. The zero-order valence-electron chi connectivity index (χ0n) is 9.36. The molecule has 0 saturated carbocycles. The third kappa shape index (κ3) is 2.17. The number of nitrogens with one attached hydrogen (secondary N) is 2. The van der Waals surface area contributed by atoms with E-state index in [1.807, 2.05) is 25.1 Å². The van der Waals surface area contributed by atoms with Gasteiger partial charge < -0.3 is 16.4 Å². The van der Waals surface area contributed by atoms with Crippen LogP contribution in [0.1, 0.15) is 6.92 Å². The molecule has 1 unspecified atom stereocenters. The van der Waals surface area contributed by atoms with Crippen molar-refractivity contribution >= 4 is 17.3 Å². The molecule has 1 saturated heterocycles. The van der Waals surface area contributed by atoms with Gasteiger partial charge in [-0.1, -0.05) is 19.1 Å². The Morgan fingerprint density at radius 2 is 2.19 bits per heavy atom. The maximum atomic E-state index is 11.9. The molecular formula is C12H17N3O. The molecule has 1 atom stereocenters. The summed E-state index contributed by atoms with van der Waals surface area (Å²) in [6.45, 7) is 3.82. The zero-order chi connectivity index (χ0) is 11.5. The minimum absolute atomic E-state index is 0.0286. The lowest BCUT2D eigenvalue weighted by Crippen LogP contribution is -2.48. The molecule has 1 aliphatic heterocycles. The van der Waals surface area contributed by atoms with Crippen molar-refractivity contribution < 1.29 is 4.79 Å². The van der Waals surface area contributed by atoms with Gasteiger partial charge in [0, 0.05) is 5.92 Å². The van der Waals surface area contributed by atoms with Gasteiger partial charge in [-0.3, -0.25) is 4.79 Å². The maximum absolute atomic E-state index is 11.9. The van der Waals surface area contributed by atoms with Crippen LogP contribution in [-0.2, 0) is 4.79 Å². The van der Waals surface area contributed by atoms with Crippen LogP contribution in [0, 0.1) is 11.8 Å². The molecule has 2 rings (SSSR count). The molecule has 1 fully saturated rings. The fourth-order valence-electron chi connectivity index (χ4n) is 1.74. The molecule has 0 aliphatic carbocycles. The maximum Gasteiger partial charge on any atom is 0.227 e. The molecular weight excluding hydrogens is 202 g/mol. The second kappa shape index (κ2) is 4.53. The molecule has 16 heavy (non-hydrogen) atoms. The molecule has 4 N–H and O–H groups in total. The van der Waals surface area contributed by atoms with E-state index in [4.69, 9.17) is 5.73 Å². The van der Waals surface area contributed by atoms with E-state index in [-0.39, 0.29) is 11.8 Å². The molecule has 0 aromatic heterocycles. The first-order valence-corrected chi connectivity index (χ1v) is 5.54. The summed E-state index contributed by atoms with van der Waals surface area (Å²) in [5, 5.41) is 6.03. The Balaban J connectivity index is 1.99. The van der Waals surface area contributed by atoms with Crippen molar-refractivity contribution in [3.05, 3.63) is 24.3 Å². The van der Waals surface area contributed by atoms with Crippen LogP contribution in [0.4, 0.5) is 11.4 Å². The first-order chi connectivity index (χ1) is 7.68. The zero-order valence-corrected chi connectivity index (χ0v) is 9.36. The van der Waals surface area contributed by atoms with E-state index >= 15 is 0 Å². The number of rotatable bonds is 3. The lowest BCUT2D eigenvalue weighted by Gasteiger charge is -2.31. The van der Waals surface area contributed by atoms with Gasteiger partial charge in [-0.15, -0.1) is 0 Å². The van der Waals surface area contributed by atoms with Crippen LogP contribution >= 0.6 is 0 Å². The van der Waals surface area contributed by atoms with Gasteiger partial charge in [0.25, 0.3) is 0 Å². The van der Waals surface area contributed by atoms with Gasteiger partial charge in [0.15, 0.2) is 0 Å². The molecule has 0 bridgehead atoms. The van der Waals surface area contributed by atoms with Crippen LogP contribution in [-0.4, -0.2) is 19.0 Å². The number of nitrogen functional groups attached to an aromatic ring is 1. The predicted molar refractivity (Wildman–Crippen MR) is 65.0 cm³/mol. The van der Waals surface area contributed by atoms with Gasteiger partial charge in [-0.25, -0.2) is 0 Å². The van der Waals surface area contributed by atoms with Crippen molar-refractivity contribution in [3.8, 4) is 0 Å². The first kappa shape index (κ1) is 11.0. The fourth-order valence-corrected chi connectivity index (χ4v) is 1.74. The predicted octanol–water partition coefficient (Wildman–Crippen LogP) is 1.06. The molecule has 1 heterocycles. The minimum Gasteiger partial charge on any atom is -0.397 e.